The molecule has 1 saturated carbocycles. The highest BCUT2D eigenvalue weighted by Gasteiger charge is 2.31. The van der Waals surface area contributed by atoms with E-state index in [0.717, 1.165) is 68.1 Å². The second kappa shape index (κ2) is 9.92. The zero-order valence-corrected chi connectivity index (χ0v) is 20.7. The highest BCUT2D eigenvalue weighted by atomic mass is 35.5. The average Bonchev–Trinajstić information content (AvgIpc) is 2.87. The molecule has 8 heteroatoms. The minimum absolute atomic E-state index is 0.0314. The predicted octanol–water partition coefficient (Wildman–Crippen LogP) is 4.87. The zero-order valence-electron chi connectivity index (χ0n) is 19.1. The highest BCUT2D eigenvalue weighted by molar-refractivity contribution is 7.71. The molecule has 34 heavy (non-hydrogen) atoms. The molecule has 1 amide bonds. The summed E-state index contributed by atoms with van der Waals surface area (Å²) in [7, 11) is 0. The summed E-state index contributed by atoms with van der Waals surface area (Å²) in [6.07, 6.45) is 3.63. The smallest absolute Gasteiger partial charge is 0.262 e. The Hall–Kier alpha value is -2.64. The molecule has 2 aromatic carbocycles. The minimum Gasteiger partial charge on any atom is -0.368 e. The molecule has 0 radical (unpaired) electrons. The molecule has 2 heterocycles. The summed E-state index contributed by atoms with van der Waals surface area (Å²) in [5, 5.41) is 1.40. The van der Waals surface area contributed by atoms with Crippen LogP contribution in [0.4, 0.5) is 5.69 Å². The Balaban J connectivity index is 1.16. The van der Waals surface area contributed by atoms with Crippen molar-refractivity contribution in [2.24, 2.45) is 11.8 Å². The fourth-order valence-electron chi connectivity index (χ4n) is 5.31. The molecular weight excluding hydrogens is 468 g/mol. The van der Waals surface area contributed by atoms with Gasteiger partial charge in [0.25, 0.3) is 5.56 Å². The number of para-hydroxylation sites is 1. The first kappa shape index (κ1) is 23.1. The number of H-pyrrole nitrogens is 1. The second-order valence-corrected chi connectivity index (χ2v) is 10.2. The lowest BCUT2D eigenvalue weighted by Gasteiger charge is -2.39. The van der Waals surface area contributed by atoms with Gasteiger partial charge >= 0.3 is 0 Å². The lowest BCUT2D eigenvalue weighted by molar-refractivity contribution is -0.137. The maximum absolute atomic E-state index is 13.2. The number of piperazine rings is 1. The van der Waals surface area contributed by atoms with E-state index >= 15 is 0 Å². The number of rotatable bonds is 4. The van der Waals surface area contributed by atoms with Crippen LogP contribution in [-0.4, -0.2) is 46.5 Å². The summed E-state index contributed by atoms with van der Waals surface area (Å²) in [5.41, 5.74) is 1.90. The third kappa shape index (κ3) is 4.77. The maximum atomic E-state index is 13.2. The summed E-state index contributed by atoms with van der Waals surface area (Å²) in [5.74, 6) is 0.732. The molecule has 3 aromatic rings. The van der Waals surface area contributed by atoms with Crippen molar-refractivity contribution >= 4 is 46.3 Å². The van der Waals surface area contributed by atoms with Crippen LogP contribution in [0.1, 0.15) is 25.7 Å². The zero-order chi connectivity index (χ0) is 23.7. The molecule has 1 aliphatic heterocycles. The number of hydrogen-bond acceptors (Lipinski definition) is 4. The van der Waals surface area contributed by atoms with Crippen molar-refractivity contribution in [2.75, 3.05) is 31.1 Å². The summed E-state index contributed by atoms with van der Waals surface area (Å²) in [4.78, 5) is 33.6. The van der Waals surface area contributed by atoms with Crippen LogP contribution in [0.2, 0.25) is 5.02 Å². The van der Waals surface area contributed by atoms with Gasteiger partial charge in [-0.3, -0.25) is 14.2 Å². The number of carbonyl (C=O) groups is 1. The van der Waals surface area contributed by atoms with Gasteiger partial charge in [-0.1, -0.05) is 23.7 Å². The molecule has 2 aliphatic rings. The summed E-state index contributed by atoms with van der Waals surface area (Å²) >= 11 is 11.5. The van der Waals surface area contributed by atoms with E-state index in [0.29, 0.717) is 22.6 Å². The Morgan fingerprint density at radius 1 is 0.971 bits per heavy atom. The van der Waals surface area contributed by atoms with Gasteiger partial charge in [0.1, 0.15) is 0 Å². The molecule has 0 bridgehead atoms. The van der Waals surface area contributed by atoms with Crippen LogP contribution < -0.4 is 10.5 Å². The van der Waals surface area contributed by atoms with Crippen molar-refractivity contribution in [3.05, 3.63) is 68.7 Å². The van der Waals surface area contributed by atoms with Gasteiger partial charge in [0.2, 0.25) is 5.91 Å². The number of nitrogens with zero attached hydrogens (tertiary/aromatic N) is 3. The van der Waals surface area contributed by atoms with E-state index in [4.69, 9.17) is 23.8 Å². The Morgan fingerprint density at radius 3 is 2.35 bits per heavy atom. The van der Waals surface area contributed by atoms with Gasteiger partial charge in [-0.25, -0.2) is 0 Å². The number of nitrogens with one attached hydrogen (secondary N) is 1. The topological polar surface area (TPSA) is 61.3 Å². The molecule has 1 saturated heterocycles. The van der Waals surface area contributed by atoms with Crippen LogP contribution in [0.25, 0.3) is 10.9 Å². The molecule has 1 aromatic heterocycles. The number of benzene rings is 2. The van der Waals surface area contributed by atoms with Crippen LogP contribution in [0, 0.1) is 16.6 Å². The first-order chi connectivity index (χ1) is 16.5. The maximum Gasteiger partial charge on any atom is 0.262 e. The Kier molecular flexibility index (Phi) is 6.75. The lowest BCUT2D eigenvalue weighted by atomic mass is 9.81. The monoisotopic (exact) mass is 496 g/mol. The van der Waals surface area contributed by atoms with Crippen molar-refractivity contribution in [1.29, 1.82) is 0 Å². The number of aromatic nitrogens is 2. The van der Waals surface area contributed by atoms with Gasteiger partial charge in [0.15, 0.2) is 4.77 Å². The quantitative estimate of drug-likeness (QED) is 0.523. The Bertz CT molecular complexity index is 1290. The molecule has 0 unspecified atom stereocenters. The Labute approximate surface area is 209 Å². The van der Waals surface area contributed by atoms with E-state index in [-0.39, 0.29) is 17.4 Å². The average molecular weight is 497 g/mol. The number of carbonyl (C=O) groups excluding carboxylic acids is 1. The molecule has 2 fully saturated rings. The third-order valence-corrected chi connectivity index (χ3v) is 7.88. The molecule has 1 N–H and O–H groups in total. The van der Waals surface area contributed by atoms with Crippen LogP contribution in [-0.2, 0) is 11.3 Å². The fraction of sp³-hybridized carbons (Fsp3) is 0.423. The van der Waals surface area contributed by atoms with Crippen molar-refractivity contribution in [2.45, 2.75) is 32.2 Å². The van der Waals surface area contributed by atoms with E-state index in [9.17, 15) is 9.59 Å². The second-order valence-electron chi connectivity index (χ2n) is 9.40. The number of amides is 1. The van der Waals surface area contributed by atoms with Crippen LogP contribution in [0.15, 0.2) is 53.3 Å². The van der Waals surface area contributed by atoms with Gasteiger partial charge in [0.05, 0.1) is 10.9 Å². The summed E-state index contributed by atoms with van der Waals surface area (Å²) in [6.45, 7) is 3.79. The van der Waals surface area contributed by atoms with Crippen LogP contribution in [0.3, 0.4) is 0 Å². The number of hydrogen-bond donors (Lipinski definition) is 1. The minimum atomic E-state index is -0.0314. The number of anilines is 1. The molecule has 0 atom stereocenters. The Morgan fingerprint density at radius 2 is 1.65 bits per heavy atom. The van der Waals surface area contributed by atoms with Gasteiger partial charge in [-0.05, 0) is 80.2 Å². The van der Waals surface area contributed by atoms with E-state index < -0.39 is 0 Å². The summed E-state index contributed by atoms with van der Waals surface area (Å²) in [6, 6.07) is 15.4. The van der Waals surface area contributed by atoms with Crippen molar-refractivity contribution in [3.63, 3.8) is 0 Å². The third-order valence-electron chi connectivity index (χ3n) is 7.31. The predicted molar refractivity (Wildman–Crippen MR) is 139 cm³/mol. The van der Waals surface area contributed by atoms with E-state index in [1.807, 2.05) is 53.4 Å². The molecule has 0 spiro atoms. The number of halogens is 1. The first-order valence-corrected chi connectivity index (χ1v) is 12.8. The van der Waals surface area contributed by atoms with E-state index in [2.05, 4.69) is 9.88 Å². The lowest BCUT2D eigenvalue weighted by Crippen LogP contribution is -2.50. The first-order valence-electron chi connectivity index (χ1n) is 12.0. The van der Waals surface area contributed by atoms with E-state index in [1.165, 1.54) is 0 Å². The van der Waals surface area contributed by atoms with Crippen molar-refractivity contribution in [1.82, 2.24) is 14.5 Å². The van der Waals surface area contributed by atoms with Gasteiger partial charge in [0, 0.05) is 49.4 Å². The largest absolute Gasteiger partial charge is 0.368 e. The normalized spacial score (nSPS) is 21.1. The molecule has 6 nitrogen and oxygen atoms in total. The highest BCUT2D eigenvalue weighted by Crippen LogP contribution is 2.31. The van der Waals surface area contributed by atoms with Gasteiger partial charge < -0.3 is 14.8 Å². The molecule has 5 rings (SSSR count). The van der Waals surface area contributed by atoms with Crippen LogP contribution in [0.5, 0.6) is 0 Å². The van der Waals surface area contributed by atoms with Gasteiger partial charge in [-0.2, -0.15) is 0 Å². The van der Waals surface area contributed by atoms with Crippen molar-refractivity contribution < 1.29 is 4.79 Å². The van der Waals surface area contributed by atoms with E-state index in [1.54, 1.807) is 4.57 Å². The molecule has 178 valence electrons. The van der Waals surface area contributed by atoms with Crippen LogP contribution >= 0.6 is 23.8 Å². The summed E-state index contributed by atoms with van der Waals surface area (Å²) < 4.78 is 2.17. The van der Waals surface area contributed by atoms with Crippen molar-refractivity contribution in [3.8, 4) is 0 Å². The number of fused-ring (bicyclic) bond motifs is 1. The van der Waals surface area contributed by atoms with Gasteiger partial charge in [-0.15, -0.1) is 0 Å². The standard InChI is InChI=1S/C26H29ClN4O2S/c27-20-9-11-21(12-10-20)29-13-15-30(16-14-29)24(32)19-7-5-18(6-8-19)17-31-25(33)22-3-1-2-4-23(22)28-26(31)34/h1-4,9-12,18-19H,5-8,13-17H2,(H,28,34). The SMILES string of the molecule is O=C(C1CCC(Cn2c(=S)[nH]c3ccccc3c2=O)CC1)N1CCN(c2ccc(Cl)cc2)CC1. The number of aromatic amines is 1. The molecular formula is C26H29ClN4O2S. The fourth-order valence-corrected chi connectivity index (χ4v) is 5.70. The molecule has 1 aliphatic carbocycles.